The molecule has 3 rings (SSSR count). The number of rotatable bonds is 2. The molecule has 1 N–H and O–H groups in total. The van der Waals surface area contributed by atoms with Crippen molar-refractivity contribution in [2.45, 2.75) is 57.1 Å². The standard InChI is InChI=1S/C16H22ClNO/c1-2-18-14-11-16(8-4-3-5-9-16)19-15-7-6-12(17)10-13(14)15/h6-7,10,14,18H,2-5,8-9,11H2,1H3. The Balaban J connectivity index is 1.94. The highest BCUT2D eigenvalue weighted by Gasteiger charge is 2.41. The zero-order valence-electron chi connectivity index (χ0n) is 11.5. The summed E-state index contributed by atoms with van der Waals surface area (Å²) < 4.78 is 6.39. The average Bonchev–Trinajstić information content (AvgIpc) is 2.41. The van der Waals surface area contributed by atoms with Crippen LogP contribution in [0.5, 0.6) is 5.75 Å². The van der Waals surface area contributed by atoms with Crippen molar-refractivity contribution in [2.24, 2.45) is 0 Å². The molecule has 1 aliphatic heterocycles. The second kappa shape index (κ2) is 5.34. The summed E-state index contributed by atoms with van der Waals surface area (Å²) >= 11 is 6.14. The summed E-state index contributed by atoms with van der Waals surface area (Å²) in [6, 6.07) is 6.41. The highest BCUT2D eigenvalue weighted by Crippen LogP contribution is 2.46. The van der Waals surface area contributed by atoms with E-state index >= 15 is 0 Å². The van der Waals surface area contributed by atoms with Crippen LogP contribution < -0.4 is 10.1 Å². The summed E-state index contributed by atoms with van der Waals surface area (Å²) in [6.45, 7) is 3.14. The first-order valence-electron chi connectivity index (χ1n) is 7.44. The number of ether oxygens (including phenoxy) is 1. The van der Waals surface area contributed by atoms with Crippen molar-refractivity contribution < 1.29 is 4.74 Å². The van der Waals surface area contributed by atoms with Crippen molar-refractivity contribution in [2.75, 3.05) is 6.54 Å². The van der Waals surface area contributed by atoms with Crippen LogP contribution in [0.4, 0.5) is 0 Å². The topological polar surface area (TPSA) is 21.3 Å². The van der Waals surface area contributed by atoms with Crippen molar-refractivity contribution in [3.8, 4) is 5.75 Å². The van der Waals surface area contributed by atoms with Gasteiger partial charge in [0, 0.05) is 23.0 Å². The molecule has 2 aliphatic rings. The number of halogens is 1. The van der Waals surface area contributed by atoms with E-state index in [1.165, 1.54) is 37.7 Å². The second-order valence-electron chi connectivity index (χ2n) is 5.84. The van der Waals surface area contributed by atoms with Crippen LogP contribution >= 0.6 is 11.6 Å². The highest BCUT2D eigenvalue weighted by molar-refractivity contribution is 6.30. The molecule has 0 aromatic heterocycles. The molecule has 1 aliphatic carbocycles. The van der Waals surface area contributed by atoms with Gasteiger partial charge in [0.25, 0.3) is 0 Å². The van der Waals surface area contributed by atoms with E-state index in [0.29, 0.717) is 6.04 Å². The maximum Gasteiger partial charge on any atom is 0.125 e. The maximum absolute atomic E-state index is 6.39. The summed E-state index contributed by atoms with van der Waals surface area (Å²) in [5, 5.41) is 4.40. The Morgan fingerprint density at radius 1 is 1.32 bits per heavy atom. The van der Waals surface area contributed by atoms with Crippen LogP contribution in [0.1, 0.15) is 57.1 Å². The fraction of sp³-hybridized carbons (Fsp3) is 0.625. The molecule has 1 fully saturated rings. The lowest BCUT2D eigenvalue weighted by Gasteiger charge is -2.44. The van der Waals surface area contributed by atoms with Crippen molar-refractivity contribution >= 4 is 11.6 Å². The summed E-state index contributed by atoms with van der Waals surface area (Å²) in [5.74, 6) is 1.03. The van der Waals surface area contributed by atoms with Gasteiger partial charge in [0.1, 0.15) is 11.4 Å². The molecule has 104 valence electrons. The summed E-state index contributed by atoms with van der Waals surface area (Å²) in [4.78, 5) is 0. The second-order valence-corrected chi connectivity index (χ2v) is 6.28. The Bertz CT molecular complexity index is 454. The molecule has 1 atom stereocenters. The number of nitrogens with one attached hydrogen (secondary N) is 1. The first kappa shape index (κ1) is 13.3. The monoisotopic (exact) mass is 279 g/mol. The molecule has 0 radical (unpaired) electrons. The zero-order chi connectivity index (χ0) is 13.3. The SMILES string of the molecule is CCNC1CC2(CCCCC2)Oc2ccc(Cl)cc21. The molecule has 0 saturated heterocycles. The van der Waals surface area contributed by atoms with E-state index in [1.54, 1.807) is 0 Å². The Hall–Kier alpha value is -0.730. The largest absolute Gasteiger partial charge is 0.487 e. The van der Waals surface area contributed by atoms with Crippen LogP contribution in [0.25, 0.3) is 0 Å². The van der Waals surface area contributed by atoms with E-state index in [2.05, 4.69) is 18.3 Å². The lowest BCUT2D eigenvalue weighted by molar-refractivity contribution is -0.00242. The molecule has 3 heteroatoms. The molecular weight excluding hydrogens is 258 g/mol. The Morgan fingerprint density at radius 2 is 2.11 bits per heavy atom. The first-order chi connectivity index (χ1) is 9.22. The van der Waals surface area contributed by atoms with E-state index in [0.717, 1.165) is 23.7 Å². The van der Waals surface area contributed by atoms with Gasteiger partial charge in [-0.2, -0.15) is 0 Å². The van der Waals surface area contributed by atoms with Gasteiger partial charge in [-0.15, -0.1) is 0 Å². The Kier molecular flexibility index (Phi) is 3.72. The van der Waals surface area contributed by atoms with Gasteiger partial charge in [-0.05, 0) is 50.4 Å². The van der Waals surface area contributed by atoms with E-state index in [-0.39, 0.29) is 5.60 Å². The molecule has 1 spiro atoms. The number of fused-ring (bicyclic) bond motifs is 1. The minimum absolute atomic E-state index is 0.0614. The predicted octanol–water partition coefficient (Wildman–Crippen LogP) is 4.48. The van der Waals surface area contributed by atoms with Crippen LogP contribution in [0.3, 0.4) is 0 Å². The van der Waals surface area contributed by atoms with Crippen molar-refractivity contribution in [1.29, 1.82) is 0 Å². The molecule has 0 amide bonds. The maximum atomic E-state index is 6.39. The molecule has 1 heterocycles. The van der Waals surface area contributed by atoms with Crippen LogP contribution in [0.2, 0.25) is 5.02 Å². The zero-order valence-corrected chi connectivity index (χ0v) is 12.3. The molecule has 1 aromatic carbocycles. The Morgan fingerprint density at radius 3 is 2.84 bits per heavy atom. The lowest BCUT2D eigenvalue weighted by atomic mass is 9.77. The smallest absolute Gasteiger partial charge is 0.125 e. The minimum atomic E-state index is 0.0614. The van der Waals surface area contributed by atoms with Gasteiger partial charge in [0.05, 0.1) is 0 Å². The van der Waals surface area contributed by atoms with Crippen molar-refractivity contribution in [1.82, 2.24) is 5.32 Å². The van der Waals surface area contributed by atoms with E-state index < -0.39 is 0 Å². The van der Waals surface area contributed by atoms with Gasteiger partial charge >= 0.3 is 0 Å². The Labute approximate surface area is 120 Å². The van der Waals surface area contributed by atoms with Gasteiger partial charge in [0.2, 0.25) is 0 Å². The molecule has 19 heavy (non-hydrogen) atoms. The third-order valence-electron chi connectivity index (χ3n) is 4.47. The highest BCUT2D eigenvalue weighted by atomic mass is 35.5. The first-order valence-corrected chi connectivity index (χ1v) is 7.82. The van der Waals surface area contributed by atoms with Crippen LogP contribution in [-0.4, -0.2) is 12.1 Å². The van der Waals surface area contributed by atoms with Crippen LogP contribution in [0, 0.1) is 0 Å². The van der Waals surface area contributed by atoms with Crippen LogP contribution in [-0.2, 0) is 0 Å². The van der Waals surface area contributed by atoms with E-state index in [1.807, 2.05) is 12.1 Å². The average molecular weight is 280 g/mol. The van der Waals surface area contributed by atoms with Gasteiger partial charge in [-0.1, -0.05) is 24.9 Å². The third kappa shape index (κ3) is 2.61. The van der Waals surface area contributed by atoms with Gasteiger partial charge in [-0.3, -0.25) is 0 Å². The molecule has 2 nitrogen and oxygen atoms in total. The third-order valence-corrected chi connectivity index (χ3v) is 4.70. The van der Waals surface area contributed by atoms with Crippen molar-refractivity contribution in [3.05, 3.63) is 28.8 Å². The lowest BCUT2D eigenvalue weighted by Crippen LogP contribution is -2.45. The molecule has 1 aromatic rings. The van der Waals surface area contributed by atoms with E-state index in [9.17, 15) is 0 Å². The van der Waals surface area contributed by atoms with Gasteiger partial charge in [0.15, 0.2) is 0 Å². The normalized spacial score (nSPS) is 24.8. The number of benzene rings is 1. The molecule has 1 saturated carbocycles. The van der Waals surface area contributed by atoms with Crippen molar-refractivity contribution in [3.63, 3.8) is 0 Å². The number of hydrogen-bond donors (Lipinski definition) is 1. The fourth-order valence-electron chi connectivity index (χ4n) is 3.57. The van der Waals surface area contributed by atoms with E-state index in [4.69, 9.17) is 16.3 Å². The summed E-state index contributed by atoms with van der Waals surface area (Å²) in [6.07, 6.45) is 7.40. The molecular formula is C16H22ClNO. The summed E-state index contributed by atoms with van der Waals surface area (Å²) in [5.41, 5.74) is 1.29. The predicted molar refractivity (Wildman–Crippen MR) is 78.9 cm³/mol. The molecule has 0 bridgehead atoms. The fourth-order valence-corrected chi connectivity index (χ4v) is 3.75. The summed E-state index contributed by atoms with van der Waals surface area (Å²) in [7, 11) is 0. The van der Waals surface area contributed by atoms with Gasteiger partial charge < -0.3 is 10.1 Å². The molecule has 1 unspecified atom stereocenters. The van der Waals surface area contributed by atoms with Gasteiger partial charge in [-0.25, -0.2) is 0 Å². The quantitative estimate of drug-likeness (QED) is 0.862. The number of hydrogen-bond acceptors (Lipinski definition) is 2. The van der Waals surface area contributed by atoms with Crippen LogP contribution in [0.15, 0.2) is 18.2 Å². The minimum Gasteiger partial charge on any atom is -0.487 e.